The fourth-order valence-electron chi connectivity index (χ4n) is 8.48. The summed E-state index contributed by atoms with van der Waals surface area (Å²) < 4.78 is 44.2. The van der Waals surface area contributed by atoms with Gasteiger partial charge < -0.3 is 70.2 Å². The van der Waals surface area contributed by atoms with Crippen molar-refractivity contribution in [3.05, 3.63) is 36.8 Å². The topological polar surface area (TPSA) is 283 Å². The number of amides is 8. The Hall–Kier alpha value is -3.68. The maximum atomic E-state index is 13.3. The Morgan fingerprint density at radius 1 is 0.641 bits per heavy atom. The maximum Gasteiger partial charge on any atom is 0.312 e. The predicted octanol–water partition coefficient (Wildman–Crippen LogP) is 4.06. The minimum Gasteiger partial charge on any atom is -0.379 e. The van der Waals surface area contributed by atoms with Gasteiger partial charge in [0, 0.05) is 82.3 Å². The summed E-state index contributed by atoms with van der Waals surface area (Å²) in [5.74, 6) is -2.48. The minimum absolute atomic E-state index is 0. The number of likely N-dealkylation sites (tertiary alicyclic amines) is 1. The van der Waals surface area contributed by atoms with E-state index in [1.54, 1.807) is 38.1 Å². The summed E-state index contributed by atoms with van der Waals surface area (Å²) in [6.07, 6.45) is 8.22. The summed E-state index contributed by atoms with van der Waals surface area (Å²) >= 11 is 0. The van der Waals surface area contributed by atoms with Gasteiger partial charge >= 0.3 is 6.03 Å². The molecule has 1 saturated heterocycles. The largest absolute Gasteiger partial charge is 0.379 e. The Kier molecular flexibility index (Phi) is 41.7. The predicted molar refractivity (Wildman–Crippen MR) is 290 cm³/mol. The zero-order valence-electron chi connectivity index (χ0n) is 47.2. The third-order valence-corrected chi connectivity index (χ3v) is 12.8. The molecule has 1 radical (unpaired) electrons. The van der Waals surface area contributed by atoms with Gasteiger partial charge in [0.05, 0.1) is 112 Å². The third-order valence-electron chi connectivity index (χ3n) is 12.8. The van der Waals surface area contributed by atoms with Crippen LogP contribution < -0.4 is 32.3 Å². The van der Waals surface area contributed by atoms with Crippen LogP contribution in [0, 0.1) is 61.9 Å². The second-order valence-corrected chi connectivity index (χ2v) is 19.6. The molecule has 1 aliphatic heterocycles. The number of rotatable bonds is 48. The molecule has 1 fully saturated rings. The van der Waals surface area contributed by atoms with Crippen LogP contribution in [0.15, 0.2) is 24.3 Å². The van der Waals surface area contributed by atoms with Crippen LogP contribution in [0.2, 0.25) is 0 Å². The zero-order valence-corrected chi connectivity index (χ0v) is 49.1. The molecule has 1 aromatic carbocycles. The molecule has 1 heterocycles. The van der Waals surface area contributed by atoms with Crippen molar-refractivity contribution in [2.45, 2.75) is 124 Å². The number of nitrogens with zero attached hydrogens (tertiary/aromatic N) is 1. The van der Waals surface area contributed by atoms with E-state index < -0.39 is 29.9 Å². The van der Waals surface area contributed by atoms with Crippen molar-refractivity contribution in [1.29, 1.82) is 0 Å². The molecule has 0 saturated carbocycles. The first-order chi connectivity index (χ1) is 37.1. The van der Waals surface area contributed by atoms with Crippen molar-refractivity contribution in [2.24, 2.45) is 23.0 Å². The molecule has 23 heteroatoms. The van der Waals surface area contributed by atoms with Crippen molar-refractivity contribution in [1.82, 2.24) is 26.2 Å². The van der Waals surface area contributed by atoms with Crippen LogP contribution in [0.3, 0.4) is 0 Å². The van der Waals surface area contributed by atoms with E-state index in [2.05, 4.69) is 54.3 Å². The Balaban J connectivity index is 0.0000304. The average molecular weight is 1260 g/mol. The van der Waals surface area contributed by atoms with Gasteiger partial charge in [-0.05, 0) is 37.0 Å². The van der Waals surface area contributed by atoms with Gasteiger partial charge in [0.25, 0.3) is 0 Å². The number of anilines is 1. The number of nitrogens with one attached hydrogen (secondary N) is 5. The number of carbonyl (C=O) groups excluding carboxylic acids is 7. The molecular formula is C55H94HoN7O15-. The molecule has 0 bridgehead atoms. The summed E-state index contributed by atoms with van der Waals surface area (Å²) in [6, 6.07) is 4.35. The Labute approximate surface area is 493 Å². The number of nitrogens with two attached hydrogens (primary N) is 1. The standard InChI is InChI=1S/C55H94N7O15.Ho/c1-7-9-10-11-21-55(6,20-8-2)45-41-49(65)62(53(45)68)24-18-47(63)57-23-26-71-28-30-73-32-34-75-36-38-77-40-39-76-37-35-74-33-31-72-29-27-70-25-19-48(64)61-50(42(3)4)52(67)60-46(13-12-22-58-54(56)69)51(66)59-44-16-14-43(5)15-17-44;/h14-17,42,45-46,50H,5,7-13,18-41H2,1-4,6H3,(H,57,63)(H,59,66)(H,60,67)(H,61,64)(H3,56,58,69);/q-1;/t45?,46-,50-,55?;/m0./s1. The van der Waals surface area contributed by atoms with E-state index in [4.69, 9.17) is 43.6 Å². The van der Waals surface area contributed by atoms with E-state index in [0.717, 1.165) is 44.1 Å². The maximum absolute atomic E-state index is 13.3. The van der Waals surface area contributed by atoms with Gasteiger partial charge in [-0.2, -0.15) is 24.6 Å². The molecule has 8 amide bonds. The molecule has 0 spiro atoms. The number of hydrogen-bond acceptors (Lipinski definition) is 15. The third kappa shape index (κ3) is 33.2. The number of primary amides is 1. The van der Waals surface area contributed by atoms with Gasteiger partial charge in [-0.25, -0.2) is 4.79 Å². The average Bonchev–Trinajstić information content (AvgIpc) is 3.71. The van der Waals surface area contributed by atoms with Gasteiger partial charge in [0.1, 0.15) is 12.1 Å². The molecule has 0 aromatic heterocycles. The number of hydrogen-bond donors (Lipinski definition) is 6. The van der Waals surface area contributed by atoms with Crippen molar-refractivity contribution >= 4 is 47.2 Å². The first-order valence-corrected chi connectivity index (χ1v) is 27.7. The Morgan fingerprint density at radius 2 is 1.17 bits per heavy atom. The fourth-order valence-corrected chi connectivity index (χ4v) is 8.48. The molecule has 22 nitrogen and oxygen atoms in total. The first-order valence-electron chi connectivity index (χ1n) is 27.7. The molecule has 4 atom stereocenters. The number of urea groups is 1. The molecule has 2 unspecified atom stereocenters. The quantitative estimate of drug-likeness (QED) is 0.0232. The molecular weight excluding hydrogens is 1160 g/mol. The summed E-state index contributed by atoms with van der Waals surface area (Å²) in [5.41, 5.74) is 6.26. The van der Waals surface area contributed by atoms with Crippen molar-refractivity contribution in [3.8, 4) is 0 Å². The van der Waals surface area contributed by atoms with Crippen LogP contribution in [0.1, 0.15) is 117 Å². The first kappa shape index (κ1) is 72.3. The van der Waals surface area contributed by atoms with Gasteiger partial charge in [-0.1, -0.05) is 78.9 Å². The summed E-state index contributed by atoms with van der Waals surface area (Å²) in [4.78, 5) is 90.2. The molecule has 0 aliphatic carbocycles. The van der Waals surface area contributed by atoms with E-state index in [-0.39, 0.29) is 131 Å². The van der Waals surface area contributed by atoms with Crippen LogP contribution in [0.25, 0.3) is 0 Å². The Bertz CT molecular complexity index is 1840. The smallest absolute Gasteiger partial charge is 0.312 e. The molecule has 78 heavy (non-hydrogen) atoms. The van der Waals surface area contributed by atoms with E-state index >= 15 is 0 Å². The zero-order chi connectivity index (χ0) is 56.5. The number of unbranched alkanes of at least 4 members (excludes halogenated alkanes) is 3. The monoisotopic (exact) mass is 1260 g/mol. The van der Waals surface area contributed by atoms with Gasteiger partial charge in [0.2, 0.25) is 35.4 Å². The van der Waals surface area contributed by atoms with E-state index in [0.29, 0.717) is 111 Å². The molecule has 7 N–H and O–H groups in total. The summed E-state index contributed by atoms with van der Waals surface area (Å²) in [5, 5.41) is 13.6. The second-order valence-electron chi connectivity index (χ2n) is 19.6. The van der Waals surface area contributed by atoms with E-state index in [1.165, 1.54) is 11.3 Å². The van der Waals surface area contributed by atoms with E-state index in [9.17, 15) is 33.6 Å². The molecule has 1 aromatic rings. The number of ether oxygens (including phenoxy) is 8. The fraction of sp³-hybridized carbons (Fsp3) is 0.745. The van der Waals surface area contributed by atoms with Crippen molar-refractivity contribution < 1.29 is 109 Å². The van der Waals surface area contributed by atoms with Crippen molar-refractivity contribution in [3.63, 3.8) is 0 Å². The normalized spacial score (nSPS) is 14.8. The van der Waals surface area contributed by atoms with Crippen molar-refractivity contribution in [2.75, 3.05) is 131 Å². The summed E-state index contributed by atoms with van der Waals surface area (Å²) in [7, 11) is 0. The van der Waals surface area contributed by atoms with Gasteiger partial charge in [-0.15, -0.1) is 0 Å². The number of carbonyl (C=O) groups is 7. The van der Waals surface area contributed by atoms with Gasteiger partial charge in [0.15, 0.2) is 0 Å². The van der Waals surface area contributed by atoms with Crippen LogP contribution in [-0.2, 0) is 66.7 Å². The van der Waals surface area contributed by atoms with E-state index in [1.807, 2.05) is 0 Å². The Morgan fingerprint density at radius 3 is 1.67 bits per heavy atom. The molecule has 1 aliphatic rings. The van der Waals surface area contributed by atoms with Gasteiger partial charge in [-0.3, -0.25) is 33.7 Å². The van der Waals surface area contributed by atoms with Crippen LogP contribution in [-0.4, -0.2) is 184 Å². The second kappa shape index (κ2) is 45.0. The summed E-state index contributed by atoms with van der Waals surface area (Å²) in [6.45, 7) is 20.3. The number of benzene rings is 1. The molecule has 2 rings (SSSR count). The molecule has 451 valence electrons. The van der Waals surface area contributed by atoms with Crippen LogP contribution >= 0.6 is 0 Å². The number of imide groups is 1. The minimum atomic E-state index is -0.945. The SMILES string of the molecule is [CH2-]c1ccc(NC(=O)[C@H](CCCNC(N)=O)NC(=O)[C@@H](NC(=O)CCOCCOCCOCCOCCOCCOCCOCCOCCNC(=O)CCN2C(=O)CC(C(C)(CCC)CCCCCC)C2=O)C(C)C)cc1.[Ho]. The van der Waals surface area contributed by atoms with Crippen LogP contribution in [0.5, 0.6) is 0 Å². The van der Waals surface area contributed by atoms with Crippen LogP contribution in [0.4, 0.5) is 10.5 Å².